The molecule has 2 aliphatic rings. The monoisotopic (exact) mass is 315 g/mol. The Morgan fingerprint density at radius 3 is 2.78 bits per heavy atom. The molecule has 2 fully saturated rings. The van der Waals surface area contributed by atoms with Gasteiger partial charge in [-0.25, -0.2) is 9.97 Å². The third-order valence-electron chi connectivity index (χ3n) is 4.31. The van der Waals surface area contributed by atoms with Gasteiger partial charge >= 0.3 is 0 Å². The van der Waals surface area contributed by atoms with Crippen molar-refractivity contribution in [3.05, 3.63) is 24.4 Å². The first-order chi connectivity index (χ1) is 11.4. The van der Waals surface area contributed by atoms with Gasteiger partial charge in [-0.2, -0.15) is 0 Å². The Hall–Kier alpha value is -1.92. The summed E-state index contributed by atoms with van der Waals surface area (Å²) >= 11 is 0. The van der Waals surface area contributed by atoms with Crippen molar-refractivity contribution < 1.29 is 14.2 Å². The minimum absolute atomic E-state index is 0.113. The van der Waals surface area contributed by atoms with E-state index >= 15 is 0 Å². The normalized spacial score (nSPS) is 22.3. The molecule has 0 aliphatic carbocycles. The van der Waals surface area contributed by atoms with Crippen LogP contribution in [0.3, 0.4) is 0 Å². The molecule has 2 saturated heterocycles. The van der Waals surface area contributed by atoms with Gasteiger partial charge in [0.25, 0.3) is 0 Å². The first-order valence-electron chi connectivity index (χ1n) is 8.23. The van der Waals surface area contributed by atoms with Crippen LogP contribution in [0.5, 0.6) is 5.75 Å². The van der Waals surface area contributed by atoms with E-state index in [2.05, 4.69) is 15.3 Å². The first-order valence-corrected chi connectivity index (χ1v) is 8.23. The van der Waals surface area contributed by atoms with Crippen molar-refractivity contribution >= 4 is 16.9 Å². The predicted molar refractivity (Wildman–Crippen MR) is 86.9 cm³/mol. The second-order valence-corrected chi connectivity index (χ2v) is 6.02. The van der Waals surface area contributed by atoms with Crippen molar-refractivity contribution in [2.75, 3.05) is 31.7 Å². The largest absolute Gasteiger partial charge is 0.486 e. The van der Waals surface area contributed by atoms with E-state index in [1.807, 2.05) is 24.4 Å². The molecule has 0 amide bonds. The Bertz CT molecular complexity index is 667. The summed E-state index contributed by atoms with van der Waals surface area (Å²) in [6.07, 6.45) is 4.86. The van der Waals surface area contributed by atoms with Crippen molar-refractivity contribution in [2.45, 2.75) is 31.4 Å². The molecule has 122 valence electrons. The highest BCUT2D eigenvalue weighted by Gasteiger charge is 2.19. The van der Waals surface area contributed by atoms with Crippen LogP contribution in [0, 0.1) is 0 Å². The number of para-hydroxylation sites is 1. The van der Waals surface area contributed by atoms with Crippen LogP contribution < -0.4 is 10.1 Å². The van der Waals surface area contributed by atoms with Crippen LogP contribution in [0.1, 0.15) is 19.3 Å². The number of rotatable bonds is 4. The molecule has 1 N–H and O–H groups in total. The van der Waals surface area contributed by atoms with Crippen molar-refractivity contribution in [1.82, 2.24) is 9.97 Å². The summed E-state index contributed by atoms with van der Waals surface area (Å²) in [6.45, 7) is 3.00. The van der Waals surface area contributed by atoms with Crippen LogP contribution in [-0.2, 0) is 9.47 Å². The smallest absolute Gasteiger partial charge is 0.223 e. The molecule has 0 saturated carbocycles. The molecule has 1 unspecified atom stereocenters. The first kappa shape index (κ1) is 14.7. The molecular formula is C17H21N3O3. The van der Waals surface area contributed by atoms with Crippen molar-refractivity contribution in [3.63, 3.8) is 0 Å². The van der Waals surface area contributed by atoms with Crippen molar-refractivity contribution in [3.8, 4) is 5.75 Å². The summed E-state index contributed by atoms with van der Waals surface area (Å²) in [6, 6.07) is 6.32. The van der Waals surface area contributed by atoms with E-state index in [0.717, 1.165) is 55.7 Å². The zero-order chi connectivity index (χ0) is 15.5. The van der Waals surface area contributed by atoms with Crippen molar-refractivity contribution in [2.24, 2.45) is 0 Å². The van der Waals surface area contributed by atoms with E-state index in [9.17, 15) is 0 Å². The number of anilines is 1. The van der Waals surface area contributed by atoms with Gasteiger partial charge in [-0.3, -0.25) is 0 Å². The highest BCUT2D eigenvalue weighted by Crippen LogP contribution is 2.27. The second-order valence-electron chi connectivity index (χ2n) is 6.02. The predicted octanol–water partition coefficient (Wildman–Crippen LogP) is 2.39. The van der Waals surface area contributed by atoms with Gasteiger partial charge in [-0.15, -0.1) is 0 Å². The third-order valence-corrected chi connectivity index (χ3v) is 4.31. The molecule has 0 spiro atoms. The molecule has 0 bridgehead atoms. The summed E-state index contributed by atoms with van der Waals surface area (Å²) in [5.74, 6) is 1.46. The molecule has 0 radical (unpaired) electrons. The molecule has 23 heavy (non-hydrogen) atoms. The minimum atomic E-state index is 0.113. The highest BCUT2D eigenvalue weighted by molar-refractivity contribution is 5.84. The standard InChI is InChI=1S/C17H21N3O3/c1-2-12-10-18-17(19-13-4-7-21-8-5-13)20-16(12)15(3-1)23-14-6-9-22-11-14/h1-3,10,13-14H,4-9,11H2,(H,18,19,20). The summed E-state index contributed by atoms with van der Waals surface area (Å²) in [7, 11) is 0. The summed E-state index contributed by atoms with van der Waals surface area (Å²) in [5.41, 5.74) is 0.851. The van der Waals surface area contributed by atoms with Crippen molar-refractivity contribution in [1.29, 1.82) is 0 Å². The topological polar surface area (TPSA) is 65.5 Å². The number of nitrogens with one attached hydrogen (secondary N) is 1. The lowest BCUT2D eigenvalue weighted by Gasteiger charge is -2.23. The van der Waals surface area contributed by atoms with Gasteiger partial charge in [0, 0.05) is 37.3 Å². The Morgan fingerprint density at radius 2 is 1.96 bits per heavy atom. The van der Waals surface area contributed by atoms with Gasteiger partial charge < -0.3 is 19.5 Å². The van der Waals surface area contributed by atoms with Gasteiger partial charge in [0.15, 0.2) is 0 Å². The Balaban J connectivity index is 1.57. The average Bonchev–Trinajstić information content (AvgIpc) is 3.09. The van der Waals surface area contributed by atoms with E-state index in [0.29, 0.717) is 18.6 Å². The van der Waals surface area contributed by atoms with Crippen LogP contribution in [0.25, 0.3) is 10.9 Å². The molecule has 2 aliphatic heterocycles. The van der Waals surface area contributed by atoms with Crippen LogP contribution in [0.2, 0.25) is 0 Å². The fourth-order valence-corrected chi connectivity index (χ4v) is 3.00. The lowest BCUT2D eigenvalue weighted by atomic mass is 10.1. The summed E-state index contributed by atoms with van der Waals surface area (Å²) < 4.78 is 16.8. The maximum absolute atomic E-state index is 6.07. The fourth-order valence-electron chi connectivity index (χ4n) is 3.00. The number of benzene rings is 1. The SMILES string of the molecule is c1cc(OC2CCOC2)c2nc(NC3CCOCC3)ncc2c1. The Kier molecular flexibility index (Phi) is 4.26. The van der Waals surface area contributed by atoms with E-state index in [1.54, 1.807) is 0 Å². The number of ether oxygens (including phenoxy) is 3. The van der Waals surface area contributed by atoms with Crippen LogP contribution in [0.4, 0.5) is 5.95 Å². The zero-order valence-corrected chi connectivity index (χ0v) is 13.0. The maximum Gasteiger partial charge on any atom is 0.223 e. The van der Waals surface area contributed by atoms with E-state index in [-0.39, 0.29) is 6.10 Å². The molecule has 2 aromatic rings. The van der Waals surface area contributed by atoms with E-state index < -0.39 is 0 Å². The van der Waals surface area contributed by atoms with Gasteiger partial charge in [0.05, 0.1) is 13.2 Å². The van der Waals surface area contributed by atoms with Gasteiger partial charge in [0.1, 0.15) is 17.4 Å². The molecular weight excluding hydrogens is 294 g/mol. The lowest BCUT2D eigenvalue weighted by Crippen LogP contribution is -2.28. The zero-order valence-electron chi connectivity index (χ0n) is 13.0. The molecule has 1 aromatic heterocycles. The molecule has 1 atom stereocenters. The minimum Gasteiger partial charge on any atom is -0.486 e. The second kappa shape index (κ2) is 6.68. The van der Waals surface area contributed by atoms with E-state index in [1.165, 1.54) is 0 Å². The number of hydrogen-bond acceptors (Lipinski definition) is 6. The van der Waals surface area contributed by atoms with Gasteiger partial charge in [0.2, 0.25) is 5.95 Å². The molecule has 6 nitrogen and oxygen atoms in total. The maximum atomic E-state index is 6.07. The number of fused-ring (bicyclic) bond motifs is 1. The fraction of sp³-hybridized carbons (Fsp3) is 0.529. The number of aromatic nitrogens is 2. The Morgan fingerprint density at radius 1 is 1.09 bits per heavy atom. The lowest BCUT2D eigenvalue weighted by molar-refractivity contribution is 0.0903. The highest BCUT2D eigenvalue weighted by atomic mass is 16.5. The molecule has 6 heteroatoms. The van der Waals surface area contributed by atoms with Gasteiger partial charge in [-0.05, 0) is 18.9 Å². The third kappa shape index (κ3) is 3.38. The van der Waals surface area contributed by atoms with Gasteiger partial charge in [-0.1, -0.05) is 12.1 Å². The molecule has 1 aromatic carbocycles. The Labute approximate surface area is 135 Å². The average molecular weight is 315 g/mol. The number of nitrogens with zero attached hydrogens (tertiary/aromatic N) is 2. The van der Waals surface area contributed by atoms with Crippen LogP contribution in [-0.4, -0.2) is 48.5 Å². The summed E-state index contributed by atoms with van der Waals surface area (Å²) in [4.78, 5) is 9.11. The molecule has 3 heterocycles. The van der Waals surface area contributed by atoms with E-state index in [4.69, 9.17) is 14.2 Å². The summed E-state index contributed by atoms with van der Waals surface area (Å²) in [5, 5.41) is 4.40. The van der Waals surface area contributed by atoms with Crippen LogP contribution in [0.15, 0.2) is 24.4 Å². The number of hydrogen-bond donors (Lipinski definition) is 1. The quantitative estimate of drug-likeness (QED) is 0.934. The van der Waals surface area contributed by atoms with Crippen LogP contribution >= 0.6 is 0 Å². The molecule has 4 rings (SSSR count).